The lowest BCUT2D eigenvalue weighted by atomic mass is 10.1. The van der Waals surface area contributed by atoms with Gasteiger partial charge in [0.05, 0.1) is 19.1 Å². The molecule has 0 aromatic carbocycles. The van der Waals surface area contributed by atoms with E-state index in [1.807, 2.05) is 0 Å². The summed E-state index contributed by atoms with van der Waals surface area (Å²) in [6, 6.07) is -6.71. The van der Waals surface area contributed by atoms with Crippen LogP contribution < -0.4 is 38.5 Å². The van der Waals surface area contributed by atoms with E-state index in [1.54, 1.807) is 0 Å². The molecule has 0 aliphatic rings. The lowest BCUT2D eigenvalue weighted by Gasteiger charge is -2.25. The molecular formula is C22H41N7O9S. The van der Waals surface area contributed by atoms with Crippen molar-refractivity contribution in [2.24, 2.45) is 17.2 Å². The molecule has 39 heavy (non-hydrogen) atoms. The Labute approximate surface area is 231 Å². The summed E-state index contributed by atoms with van der Waals surface area (Å²) in [5.74, 6) is -6.37. The number of thiol groups is 1. The average molecular weight is 580 g/mol. The van der Waals surface area contributed by atoms with E-state index in [0.29, 0.717) is 38.8 Å². The number of nitrogens with two attached hydrogens (primary N) is 3. The number of aliphatic hydroxyl groups is 1. The minimum Gasteiger partial charge on any atom is -0.481 e. The van der Waals surface area contributed by atoms with Gasteiger partial charge in [-0.05, 0) is 51.6 Å². The number of carboxylic acids is 2. The van der Waals surface area contributed by atoms with Gasteiger partial charge in [0.1, 0.15) is 24.2 Å². The van der Waals surface area contributed by atoms with Crippen LogP contribution in [0.3, 0.4) is 0 Å². The fourth-order valence-electron chi connectivity index (χ4n) is 3.28. The van der Waals surface area contributed by atoms with E-state index in [9.17, 15) is 39.0 Å². The van der Waals surface area contributed by atoms with Crippen molar-refractivity contribution in [3.05, 3.63) is 0 Å². The van der Waals surface area contributed by atoms with E-state index >= 15 is 0 Å². The third kappa shape index (κ3) is 14.7. The van der Waals surface area contributed by atoms with Gasteiger partial charge in [-0.2, -0.15) is 12.6 Å². The number of nitrogens with one attached hydrogen (secondary N) is 4. The molecule has 16 nitrogen and oxygen atoms in total. The third-order valence-electron chi connectivity index (χ3n) is 5.50. The van der Waals surface area contributed by atoms with Crippen LogP contribution in [0.4, 0.5) is 0 Å². The molecule has 17 heteroatoms. The number of unbranched alkanes of at least 4 members (excludes halogenated alkanes) is 2. The van der Waals surface area contributed by atoms with Crippen molar-refractivity contribution >= 4 is 48.2 Å². The number of amides is 4. The van der Waals surface area contributed by atoms with Gasteiger partial charge in [0.25, 0.3) is 0 Å². The maximum Gasteiger partial charge on any atom is 0.326 e. The molecule has 0 unspecified atom stereocenters. The molecule has 0 rings (SSSR count). The van der Waals surface area contributed by atoms with Crippen molar-refractivity contribution in [1.82, 2.24) is 21.3 Å². The first-order valence-corrected chi connectivity index (χ1v) is 13.1. The van der Waals surface area contributed by atoms with Gasteiger partial charge in [0, 0.05) is 5.75 Å². The zero-order valence-corrected chi connectivity index (χ0v) is 22.5. The van der Waals surface area contributed by atoms with Gasteiger partial charge in [-0.15, -0.1) is 0 Å². The first kappa shape index (κ1) is 36.0. The van der Waals surface area contributed by atoms with Gasteiger partial charge in [-0.3, -0.25) is 24.0 Å². The van der Waals surface area contributed by atoms with Crippen molar-refractivity contribution in [3.8, 4) is 0 Å². The lowest BCUT2D eigenvalue weighted by molar-refractivity contribution is -0.142. The second-order valence-corrected chi connectivity index (χ2v) is 9.09. The van der Waals surface area contributed by atoms with Crippen LogP contribution in [0, 0.1) is 0 Å². The molecule has 0 aromatic rings. The molecule has 224 valence electrons. The summed E-state index contributed by atoms with van der Waals surface area (Å²) in [6.45, 7) is -0.209. The molecule has 0 radical (unpaired) electrons. The molecule has 0 saturated carbocycles. The van der Waals surface area contributed by atoms with Gasteiger partial charge in [0.2, 0.25) is 23.6 Å². The van der Waals surface area contributed by atoms with E-state index in [4.69, 9.17) is 22.3 Å². The predicted octanol–water partition coefficient (Wildman–Crippen LogP) is -4.01. The van der Waals surface area contributed by atoms with Crippen molar-refractivity contribution in [3.63, 3.8) is 0 Å². The summed E-state index contributed by atoms with van der Waals surface area (Å²) in [6.07, 6.45) is 1.44. The molecule has 0 aliphatic carbocycles. The molecule has 4 amide bonds. The van der Waals surface area contributed by atoms with E-state index < -0.39 is 78.8 Å². The van der Waals surface area contributed by atoms with Crippen molar-refractivity contribution in [2.75, 3.05) is 25.4 Å². The minimum absolute atomic E-state index is 0.0801. The number of carbonyl (C=O) groups excluding carboxylic acids is 4. The quantitative estimate of drug-likeness (QED) is 0.0458. The first-order chi connectivity index (χ1) is 18.4. The smallest absolute Gasteiger partial charge is 0.326 e. The molecule has 0 heterocycles. The minimum atomic E-state index is -1.55. The molecule has 13 N–H and O–H groups in total. The van der Waals surface area contributed by atoms with Crippen LogP contribution in [0.2, 0.25) is 0 Å². The number of hydrogen-bond acceptors (Lipinski definition) is 11. The number of aliphatic carboxylic acids is 2. The molecular weight excluding hydrogens is 538 g/mol. The van der Waals surface area contributed by atoms with Crippen LogP contribution in [0.1, 0.15) is 44.9 Å². The van der Waals surface area contributed by atoms with Crippen LogP contribution in [-0.4, -0.2) is 107 Å². The summed E-state index contributed by atoms with van der Waals surface area (Å²) in [5.41, 5.74) is 16.4. The average Bonchev–Trinajstić information content (AvgIpc) is 2.88. The summed E-state index contributed by atoms with van der Waals surface area (Å²) < 4.78 is 0. The Bertz CT molecular complexity index is 834. The van der Waals surface area contributed by atoms with Crippen molar-refractivity contribution in [2.45, 2.75) is 75.2 Å². The SMILES string of the molecule is NCCCC[C@H](NC(=O)[C@H](CS)NC(=O)[C@H](CO)NC(=O)[C@H](CCCCN)NC(=O)[C@@H](N)CC(=O)O)C(=O)O. The van der Waals surface area contributed by atoms with Gasteiger partial charge >= 0.3 is 11.9 Å². The third-order valence-corrected chi connectivity index (χ3v) is 5.87. The maximum absolute atomic E-state index is 12.9. The number of aliphatic hydroxyl groups excluding tert-OH is 1. The van der Waals surface area contributed by atoms with E-state index in [1.165, 1.54) is 0 Å². The number of carbonyl (C=O) groups is 6. The summed E-state index contributed by atoms with van der Waals surface area (Å²) in [5, 5.41) is 37.1. The molecule has 0 saturated heterocycles. The normalized spacial score (nSPS) is 14.7. The highest BCUT2D eigenvalue weighted by Crippen LogP contribution is 2.05. The first-order valence-electron chi connectivity index (χ1n) is 12.4. The molecule has 0 aromatic heterocycles. The fourth-order valence-corrected chi connectivity index (χ4v) is 3.53. The summed E-state index contributed by atoms with van der Waals surface area (Å²) in [7, 11) is 0. The standard InChI is InChI=1S/C22H41N7O9S/c23-7-3-1-5-13(26-18(33)12(25)9-17(31)32)19(34)28-15(10-30)20(35)29-16(11-39)21(36)27-14(22(37)38)6-2-4-8-24/h12-16,30,39H,1-11,23-25H2,(H,26,33)(H,27,36)(H,28,34)(H,29,35)(H,31,32)(H,37,38)/t12-,13-,14-,15-,16-/m0/s1. The number of carboxylic acid groups (broad SMARTS) is 2. The second kappa shape index (κ2) is 20.0. The van der Waals surface area contributed by atoms with Crippen LogP contribution in [0.5, 0.6) is 0 Å². The van der Waals surface area contributed by atoms with Gasteiger partial charge < -0.3 is 53.8 Å². The lowest BCUT2D eigenvalue weighted by Crippen LogP contribution is -2.59. The summed E-state index contributed by atoms with van der Waals surface area (Å²) >= 11 is 4.02. The Kier molecular flexibility index (Phi) is 18.5. The molecule has 0 spiro atoms. The van der Waals surface area contributed by atoms with Crippen LogP contribution in [0.25, 0.3) is 0 Å². The number of rotatable bonds is 21. The molecule has 0 bridgehead atoms. The predicted molar refractivity (Wildman–Crippen MR) is 142 cm³/mol. The molecule has 0 fully saturated rings. The Morgan fingerprint density at radius 1 is 0.667 bits per heavy atom. The Balaban J connectivity index is 5.35. The van der Waals surface area contributed by atoms with Crippen LogP contribution >= 0.6 is 12.6 Å². The van der Waals surface area contributed by atoms with Crippen LogP contribution in [0.15, 0.2) is 0 Å². The highest BCUT2D eigenvalue weighted by atomic mass is 32.1. The largest absolute Gasteiger partial charge is 0.481 e. The monoisotopic (exact) mass is 579 g/mol. The highest BCUT2D eigenvalue weighted by Gasteiger charge is 2.31. The maximum atomic E-state index is 12.9. The second-order valence-electron chi connectivity index (χ2n) is 8.72. The molecule has 0 aliphatic heterocycles. The highest BCUT2D eigenvalue weighted by molar-refractivity contribution is 7.80. The Morgan fingerprint density at radius 3 is 1.56 bits per heavy atom. The zero-order chi connectivity index (χ0) is 30.0. The van der Waals surface area contributed by atoms with Gasteiger partial charge in [0.15, 0.2) is 0 Å². The number of hydrogen-bond donors (Lipinski definition) is 11. The summed E-state index contributed by atoms with van der Waals surface area (Å²) in [4.78, 5) is 72.7. The Hall–Kier alpha value is -2.99. The van der Waals surface area contributed by atoms with Crippen molar-refractivity contribution < 1.29 is 44.1 Å². The molecule has 5 atom stereocenters. The fraction of sp³-hybridized carbons (Fsp3) is 0.727. The van der Waals surface area contributed by atoms with E-state index in [0.717, 1.165) is 0 Å². The van der Waals surface area contributed by atoms with Crippen molar-refractivity contribution in [1.29, 1.82) is 0 Å². The van der Waals surface area contributed by atoms with Crippen LogP contribution in [-0.2, 0) is 28.8 Å². The van der Waals surface area contributed by atoms with Gasteiger partial charge in [-0.1, -0.05) is 0 Å². The van der Waals surface area contributed by atoms with E-state index in [2.05, 4.69) is 33.9 Å². The zero-order valence-electron chi connectivity index (χ0n) is 21.6. The van der Waals surface area contributed by atoms with E-state index in [-0.39, 0.29) is 18.6 Å². The Morgan fingerprint density at radius 2 is 1.10 bits per heavy atom. The van der Waals surface area contributed by atoms with Gasteiger partial charge in [-0.25, -0.2) is 4.79 Å². The topological polar surface area (TPSA) is 289 Å².